The van der Waals surface area contributed by atoms with Gasteiger partial charge in [0.1, 0.15) is 0 Å². The van der Waals surface area contributed by atoms with Crippen molar-refractivity contribution in [3.63, 3.8) is 0 Å². The zero-order valence-electron chi connectivity index (χ0n) is 9.88. The first-order chi connectivity index (χ1) is 7.77. The third-order valence-corrected chi connectivity index (χ3v) is 4.66. The molecule has 0 spiro atoms. The topological polar surface area (TPSA) is 29.1 Å². The molecular weight excluding hydrogens is 222 g/mol. The molecule has 0 saturated heterocycles. The maximum atomic E-state index is 11.9. The largest absolute Gasteiger partial charge is 0.356 e. The van der Waals surface area contributed by atoms with Gasteiger partial charge in [0.15, 0.2) is 0 Å². The fourth-order valence-corrected chi connectivity index (χ4v) is 3.33. The van der Waals surface area contributed by atoms with Crippen LogP contribution in [0.5, 0.6) is 0 Å². The molecule has 2 atom stereocenters. The van der Waals surface area contributed by atoms with Crippen LogP contribution in [0.15, 0.2) is 0 Å². The maximum Gasteiger partial charge on any atom is 0.223 e. The van der Waals surface area contributed by atoms with Crippen molar-refractivity contribution in [3.05, 3.63) is 0 Å². The lowest BCUT2D eigenvalue weighted by atomic mass is 9.88. The Morgan fingerprint density at radius 3 is 2.44 bits per heavy atom. The number of hydrogen-bond donors (Lipinski definition) is 1. The summed E-state index contributed by atoms with van der Waals surface area (Å²) in [5.74, 6) is 1.06. The molecule has 0 heterocycles. The van der Waals surface area contributed by atoms with E-state index in [1.165, 1.54) is 32.1 Å². The Bertz CT molecular complexity index is 238. The van der Waals surface area contributed by atoms with Crippen molar-refractivity contribution in [1.29, 1.82) is 0 Å². The lowest BCUT2D eigenvalue weighted by molar-refractivity contribution is -0.126. The number of alkyl halides is 1. The van der Waals surface area contributed by atoms with Gasteiger partial charge < -0.3 is 5.32 Å². The third kappa shape index (κ3) is 3.13. The zero-order valence-corrected chi connectivity index (χ0v) is 10.6. The van der Waals surface area contributed by atoms with Gasteiger partial charge >= 0.3 is 0 Å². The summed E-state index contributed by atoms with van der Waals surface area (Å²) in [6, 6.07) is 0. The molecule has 2 unspecified atom stereocenters. The van der Waals surface area contributed by atoms with Gasteiger partial charge in [0, 0.05) is 17.8 Å². The first-order valence-corrected chi connectivity index (χ1v) is 7.13. The first kappa shape index (κ1) is 12.2. The molecule has 0 radical (unpaired) electrons. The number of amides is 1. The van der Waals surface area contributed by atoms with Crippen LogP contribution in [0.4, 0.5) is 0 Å². The minimum absolute atomic E-state index is 0.274. The van der Waals surface area contributed by atoms with Crippen molar-refractivity contribution in [2.75, 3.05) is 6.54 Å². The van der Waals surface area contributed by atoms with Crippen molar-refractivity contribution < 1.29 is 4.79 Å². The molecular formula is C13H22ClNO. The summed E-state index contributed by atoms with van der Waals surface area (Å²) in [5.41, 5.74) is 0. The number of carbonyl (C=O) groups excluding carboxylic acids is 1. The van der Waals surface area contributed by atoms with Crippen LogP contribution in [0.1, 0.15) is 51.4 Å². The molecule has 16 heavy (non-hydrogen) atoms. The van der Waals surface area contributed by atoms with Crippen molar-refractivity contribution in [3.8, 4) is 0 Å². The first-order valence-electron chi connectivity index (χ1n) is 6.69. The molecule has 1 N–H and O–H groups in total. The lowest BCUT2D eigenvalue weighted by Crippen LogP contribution is -2.36. The van der Waals surface area contributed by atoms with Gasteiger partial charge in [-0.1, -0.05) is 25.7 Å². The van der Waals surface area contributed by atoms with E-state index in [0.29, 0.717) is 5.92 Å². The Morgan fingerprint density at radius 1 is 1.06 bits per heavy atom. The minimum Gasteiger partial charge on any atom is -0.356 e. The molecule has 1 amide bonds. The standard InChI is InChI=1S/C13H22ClNO/c14-12-8-4-7-11(12)9-15-13(16)10-5-2-1-3-6-10/h10-12H,1-9H2,(H,15,16). The Kier molecular flexibility index (Phi) is 4.51. The molecule has 0 aromatic carbocycles. The van der Waals surface area contributed by atoms with Gasteiger partial charge in [0.25, 0.3) is 0 Å². The maximum absolute atomic E-state index is 11.9. The summed E-state index contributed by atoms with van der Waals surface area (Å²) < 4.78 is 0. The molecule has 2 aliphatic rings. The fourth-order valence-electron chi connectivity index (χ4n) is 2.96. The lowest BCUT2D eigenvalue weighted by Gasteiger charge is -2.22. The predicted molar refractivity (Wildman–Crippen MR) is 66.6 cm³/mol. The van der Waals surface area contributed by atoms with E-state index in [4.69, 9.17) is 11.6 Å². The van der Waals surface area contributed by atoms with Crippen molar-refractivity contribution >= 4 is 17.5 Å². The van der Waals surface area contributed by atoms with E-state index in [-0.39, 0.29) is 17.2 Å². The number of hydrogen-bond acceptors (Lipinski definition) is 1. The smallest absolute Gasteiger partial charge is 0.223 e. The minimum atomic E-state index is 0.274. The van der Waals surface area contributed by atoms with Crippen molar-refractivity contribution in [1.82, 2.24) is 5.32 Å². The van der Waals surface area contributed by atoms with Crippen LogP contribution < -0.4 is 5.32 Å². The van der Waals surface area contributed by atoms with Gasteiger partial charge in [0.05, 0.1) is 0 Å². The summed E-state index contributed by atoms with van der Waals surface area (Å²) in [6.45, 7) is 0.795. The molecule has 2 rings (SSSR count). The summed E-state index contributed by atoms with van der Waals surface area (Å²) in [6.07, 6.45) is 9.43. The molecule has 0 aromatic heterocycles. The number of rotatable bonds is 3. The van der Waals surface area contributed by atoms with E-state index in [1.54, 1.807) is 0 Å². The number of halogens is 1. The van der Waals surface area contributed by atoms with E-state index in [9.17, 15) is 4.79 Å². The van der Waals surface area contributed by atoms with E-state index < -0.39 is 0 Å². The molecule has 2 nitrogen and oxygen atoms in total. The molecule has 92 valence electrons. The molecule has 2 fully saturated rings. The SMILES string of the molecule is O=C(NCC1CCCC1Cl)C1CCCCC1. The Labute approximate surface area is 103 Å². The monoisotopic (exact) mass is 243 g/mol. The van der Waals surface area contributed by atoms with Crippen molar-refractivity contribution in [2.45, 2.75) is 56.7 Å². The van der Waals surface area contributed by atoms with Crippen LogP contribution in [-0.2, 0) is 4.79 Å². The highest BCUT2D eigenvalue weighted by Gasteiger charge is 2.27. The summed E-state index contributed by atoms with van der Waals surface area (Å²) in [5, 5.41) is 3.39. The second-order valence-corrected chi connectivity index (χ2v) is 5.85. The zero-order chi connectivity index (χ0) is 11.4. The van der Waals surface area contributed by atoms with Crippen LogP contribution in [0, 0.1) is 11.8 Å². The molecule has 0 aromatic rings. The normalized spacial score (nSPS) is 31.6. The predicted octanol–water partition coefficient (Wildman–Crippen LogP) is 3.09. The van der Waals surface area contributed by atoms with Crippen LogP contribution in [0.3, 0.4) is 0 Å². The van der Waals surface area contributed by atoms with Crippen LogP contribution in [0.25, 0.3) is 0 Å². The average molecular weight is 244 g/mol. The molecule has 2 saturated carbocycles. The second-order valence-electron chi connectivity index (χ2n) is 5.29. The van der Waals surface area contributed by atoms with E-state index in [1.807, 2.05) is 0 Å². The van der Waals surface area contributed by atoms with E-state index in [2.05, 4.69) is 5.32 Å². The molecule has 3 heteroatoms. The summed E-state index contributed by atoms with van der Waals surface area (Å²) in [4.78, 5) is 11.9. The van der Waals surface area contributed by atoms with Crippen LogP contribution >= 0.6 is 11.6 Å². The van der Waals surface area contributed by atoms with Gasteiger partial charge in [-0.2, -0.15) is 0 Å². The van der Waals surface area contributed by atoms with Gasteiger partial charge in [-0.25, -0.2) is 0 Å². The van der Waals surface area contributed by atoms with Gasteiger partial charge in [0.2, 0.25) is 5.91 Å². The Balaban J connectivity index is 1.70. The number of nitrogens with one attached hydrogen (secondary N) is 1. The van der Waals surface area contributed by atoms with Gasteiger partial charge in [-0.05, 0) is 31.6 Å². The fraction of sp³-hybridized carbons (Fsp3) is 0.923. The van der Waals surface area contributed by atoms with Gasteiger partial charge in [-0.3, -0.25) is 4.79 Å². The van der Waals surface area contributed by atoms with Gasteiger partial charge in [-0.15, -0.1) is 11.6 Å². The highest BCUT2D eigenvalue weighted by atomic mass is 35.5. The van der Waals surface area contributed by atoms with Crippen LogP contribution in [0.2, 0.25) is 0 Å². The number of carbonyl (C=O) groups is 1. The average Bonchev–Trinajstić information content (AvgIpc) is 2.73. The van der Waals surface area contributed by atoms with Crippen LogP contribution in [-0.4, -0.2) is 17.8 Å². The highest BCUT2D eigenvalue weighted by Crippen LogP contribution is 2.30. The van der Waals surface area contributed by atoms with E-state index >= 15 is 0 Å². The Morgan fingerprint density at radius 2 is 1.81 bits per heavy atom. The summed E-state index contributed by atoms with van der Waals surface area (Å²) in [7, 11) is 0. The summed E-state index contributed by atoms with van der Waals surface area (Å²) >= 11 is 6.20. The molecule has 0 bridgehead atoms. The van der Waals surface area contributed by atoms with E-state index in [0.717, 1.165) is 25.8 Å². The molecule has 2 aliphatic carbocycles. The van der Waals surface area contributed by atoms with Crippen molar-refractivity contribution in [2.24, 2.45) is 11.8 Å². The Hall–Kier alpha value is -0.240. The third-order valence-electron chi connectivity index (χ3n) is 4.08. The molecule has 0 aliphatic heterocycles. The quantitative estimate of drug-likeness (QED) is 0.759. The highest BCUT2D eigenvalue weighted by molar-refractivity contribution is 6.20. The second kappa shape index (κ2) is 5.90.